The van der Waals surface area contributed by atoms with Gasteiger partial charge in [-0.05, 0) is 57.0 Å². The van der Waals surface area contributed by atoms with Crippen molar-refractivity contribution < 1.29 is 9.53 Å². The number of halogens is 1. The number of rotatable bonds is 5. The molecule has 0 saturated heterocycles. The first-order valence-corrected chi connectivity index (χ1v) is 8.05. The fourth-order valence-corrected chi connectivity index (χ4v) is 2.53. The normalized spacial score (nSPS) is 11.9. The highest BCUT2D eigenvalue weighted by molar-refractivity contribution is 6.32. The molecule has 0 aliphatic rings. The van der Waals surface area contributed by atoms with Gasteiger partial charge in [0.05, 0.1) is 5.02 Å². The van der Waals surface area contributed by atoms with Crippen LogP contribution in [0.25, 0.3) is 0 Å². The van der Waals surface area contributed by atoms with Gasteiger partial charge in [-0.2, -0.15) is 0 Å². The zero-order chi connectivity index (χ0) is 17.9. The van der Waals surface area contributed by atoms with Gasteiger partial charge in [0, 0.05) is 17.8 Å². The Morgan fingerprint density at radius 1 is 1.29 bits per heavy atom. The summed E-state index contributed by atoms with van der Waals surface area (Å²) >= 11 is 6.07. The van der Waals surface area contributed by atoms with Crippen LogP contribution in [0.4, 0.5) is 0 Å². The number of nitrogens with one attached hydrogen (secondary N) is 2. The fraction of sp³-hybridized carbons (Fsp3) is 0.333. The largest absolute Gasteiger partial charge is 0.479 e. The highest BCUT2D eigenvalue weighted by atomic mass is 35.5. The predicted octanol–water partition coefficient (Wildman–Crippen LogP) is 3.04. The first kappa shape index (κ1) is 18.1. The number of H-pyrrole nitrogens is 1. The molecule has 6 heteroatoms. The lowest BCUT2D eigenvalue weighted by molar-refractivity contribution is -0.127. The molecule has 2 rings (SSSR count). The lowest BCUT2D eigenvalue weighted by atomic mass is 10.1. The topological polar surface area (TPSA) is 71.2 Å². The molecule has 5 nitrogen and oxygen atoms in total. The summed E-state index contributed by atoms with van der Waals surface area (Å²) in [6.07, 6.45) is -0.728. The highest BCUT2D eigenvalue weighted by Crippen LogP contribution is 2.26. The monoisotopic (exact) mass is 348 g/mol. The second kappa shape index (κ2) is 7.53. The Labute approximate surface area is 146 Å². The van der Waals surface area contributed by atoms with Gasteiger partial charge < -0.3 is 15.0 Å². The molecule has 1 unspecified atom stereocenters. The summed E-state index contributed by atoms with van der Waals surface area (Å²) in [5.74, 6) is 0.149. The lowest BCUT2D eigenvalue weighted by Gasteiger charge is -2.16. The molecular formula is C18H21ClN2O3. The van der Waals surface area contributed by atoms with Crippen molar-refractivity contribution in [3.8, 4) is 5.75 Å². The number of hydrogen-bond acceptors (Lipinski definition) is 3. The lowest BCUT2D eigenvalue weighted by Crippen LogP contribution is -2.37. The van der Waals surface area contributed by atoms with Gasteiger partial charge in [0.25, 0.3) is 11.5 Å². The van der Waals surface area contributed by atoms with Crippen LogP contribution in [0.3, 0.4) is 0 Å². The zero-order valence-corrected chi connectivity index (χ0v) is 15.0. The smallest absolute Gasteiger partial charge is 0.261 e. The maximum absolute atomic E-state index is 12.2. The van der Waals surface area contributed by atoms with Crippen molar-refractivity contribution in [2.75, 3.05) is 0 Å². The minimum Gasteiger partial charge on any atom is -0.479 e. The van der Waals surface area contributed by atoms with E-state index in [1.165, 1.54) is 0 Å². The van der Waals surface area contributed by atoms with Crippen molar-refractivity contribution in [1.82, 2.24) is 10.3 Å². The van der Waals surface area contributed by atoms with Crippen molar-refractivity contribution in [3.63, 3.8) is 0 Å². The summed E-state index contributed by atoms with van der Waals surface area (Å²) in [5.41, 5.74) is 2.96. The number of benzene rings is 1. The van der Waals surface area contributed by atoms with E-state index >= 15 is 0 Å². The molecule has 2 aromatic rings. The van der Waals surface area contributed by atoms with Crippen molar-refractivity contribution in [3.05, 3.63) is 62.0 Å². The average Bonchev–Trinajstić information content (AvgIpc) is 2.49. The molecule has 0 spiro atoms. The van der Waals surface area contributed by atoms with Gasteiger partial charge in [0.15, 0.2) is 6.10 Å². The van der Waals surface area contributed by atoms with Gasteiger partial charge in [0.2, 0.25) is 0 Å². The molecule has 2 N–H and O–H groups in total. The van der Waals surface area contributed by atoms with E-state index in [2.05, 4.69) is 10.3 Å². The number of hydrogen-bond donors (Lipinski definition) is 2. The number of carbonyl (C=O) groups is 1. The van der Waals surface area contributed by atoms with Crippen LogP contribution in [0.1, 0.15) is 29.3 Å². The summed E-state index contributed by atoms with van der Waals surface area (Å²) in [4.78, 5) is 26.9. The van der Waals surface area contributed by atoms with E-state index in [0.717, 1.165) is 16.8 Å². The number of aromatic nitrogens is 1. The van der Waals surface area contributed by atoms with Crippen LogP contribution in [0, 0.1) is 20.8 Å². The summed E-state index contributed by atoms with van der Waals surface area (Å²) in [7, 11) is 0. The second-order valence-corrected chi connectivity index (χ2v) is 6.26. The van der Waals surface area contributed by atoms with Gasteiger partial charge in [-0.15, -0.1) is 0 Å². The SMILES string of the molecule is Cc1ccc(Cl)c(OC(C)C(=O)NCc2c(C)cc(C)[nH]c2=O)c1. The van der Waals surface area contributed by atoms with Crippen molar-refractivity contribution >= 4 is 17.5 Å². The maximum atomic E-state index is 12.2. The van der Waals surface area contributed by atoms with E-state index in [9.17, 15) is 9.59 Å². The first-order chi connectivity index (χ1) is 11.3. The Morgan fingerprint density at radius 3 is 2.67 bits per heavy atom. The Bertz CT molecular complexity index is 814. The molecule has 1 heterocycles. The van der Waals surface area contributed by atoms with Gasteiger partial charge >= 0.3 is 0 Å². The van der Waals surface area contributed by atoms with Crippen LogP contribution in [-0.4, -0.2) is 17.0 Å². The molecule has 128 valence electrons. The van der Waals surface area contributed by atoms with E-state index < -0.39 is 6.10 Å². The van der Waals surface area contributed by atoms with E-state index in [4.69, 9.17) is 16.3 Å². The van der Waals surface area contributed by atoms with E-state index in [1.807, 2.05) is 32.9 Å². The fourth-order valence-electron chi connectivity index (χ4n) is 2.37. The number of carbonyl (C=O) groups excluding carboxylic acids is 1. The van der Waals surface area contributed by atoms with Gasteiger partial charge in [0.1, 0.15) is 5.75 Å². The van der Waals surface area contributed by atoms with E-state index in [0.29, 0.717) is 16.3 Å². The van der Waals surface area contributed by atoms with Crippen LogP contribution in [0.5, 0.6) is 5.75 Å². The third kappa shape index (κ3) is 4.38. The summed E-state index contributed by atoms with van der Waals surface area (Å²) in [6.45, 7) is 7.37. The maximum Gasteiger partial charge on any atom is 0.261 e. The molecule has 0 bridgehead atoms. The van der Waals surface area contributed by atoms with Crippen LogP contribution < -0.4 is 15.6 Å². The molecule has 1 aromatic heterocycles. The van der Waals surface area contributed by atoms with Crippen molar-refractivity contribution in [1.29, 1.82) is 0 Å². The van der Waals surface area contributed by atoms with E-state index in [1.54, 1.807) is 19.1 Å². The van der Waals surface area contributed by atoms with Crippen LogP contribution in [0.2, 0.25) is 5.02 Å². The molecule has 0 fully saturated rings. The van der Waals surface area contributed by atoms with Gasteiger partial charge in [-0.1, -0.05) is 17.7 Å². The molecule has 0 aliphatic carbocycles. The highest BCUT2D eigenvalue weighted by Gasteiger charge is 2.17. The number of ether oxygens (including phenoxy) is 1. The number of aryl methyl sites for hydroxylation is 3. The standard InChI is InChI=1S/C18H21ClN2O3/c1-10-5-6-15(19)16(7-10)24-13(4)17(22)20-9-14-11(2)8-12(3)21-18(14)23/h5-8,13H,9H2,1-4H3,(H,20,22)(H,21,23). The van der Waals surface area contributed by atoms with Crippen LogP contribution in [-0.2, 0) is 11.3 Å². The third-order valence-electron chi connectivity index (χ3n) is 3.69. The molecule has 24 heavy (non-hydrogen) atoms. The Kier molecular flexibility index (Phi) is 5.67. The molecule has 0 radical (unpaired) electrons. The molecular weight excluding hydrogens is 328 g/mol. The number of aromatic amines is 1. The Balaban J connectivity index is 2.02. The Morgan fingerprint density at radius 2 is 2.00 bits per heavy atom. The first-order valence-electron chi connectivity index (χ1n) is 7.68. The van der Waals surface area contributed by atoms with Gasteiger partial charge in [-0.25, -0.2) is 0 Å². The number of amides is 1. The predicted molar refractivity (Wildman–Crippen MR) is 94.7 cm³/mol. The van der Waals surface area contributed by atoms with Gasteiger partial charge in [-0.3, -0.25) is 9.59 Å². The minimum absolute atomic E-state index is 0.148. The van der Waals surface area contributed by atoms with E-state index in [-0.39, 0.29) is 18.0 Å². The molecule has 1 amide bonds. The summed E-state index contributed by atoms with van der Waals surface area (Å²) in [5, 5.41) is 3.18. The second-order valence-electron chi connectivity index (χ2n) is 5.85. The molecule has 1 atom stereocenters. The van der Waals surface area contributed by atoms with Crippen LogP contribution >= 0.6 is 11.6 Å². The Hall–Kier alpha value is -2.27. The summed E-state index contributed by atoms with van der Waals surface area (Å²) in [6, 6.07) is 7.24. The average molecular weight is 349 g/mol. The molecule has 1 aromatic carbocycles. The molecule has 0 aliphatic heterocycles. The number of pyridine rings is 1. The minimum atomic E-state index is -0.728. The van der Waals surface area contributed by atoms with Crippen molar-refractivity contribution in [2.24, 2.45) is 0 Å². The quantitative estimate of drug-likeness (QED) is 0.872. The molecule has 0 saturated carbocycles. The zero-order valence-electron chi connectivity index (χ0n) is 14.2. The van der Waals surface area contributed by atoms with Crippen LogP contribution in [0.15, 0.2) is 29.1 Å². The van der Waals surface area contributed by atoms with Crippen molar-refractivity contribution in [2.45, 2.75) is 40.3 Å². The summed E-state index contributed by atoms with van der Waals surface area (Å²) < 4.78 is 5.63. The third-order valence-corrected chi connectivity index (χ3v) is 4.01.